The van der Waals surface area contributed by atoms with E-state index in [1.165, 1.54) is 38.3 Å². The molecule has 1 N–H and O–H groups in total. The summed E-state index contributed by atoms with van der Waals surface area (Å²) in [5.41, 5.74) is 3.43. The Morgan fingerprint density at radius 3 is 2.53 bits per heavy atom. The van der Waals surface area contributed by atoms with Crippen molar-refractivity contribution in [2.45, 2.75) is 53.0 Å². The number of imidazole rings is 1. The van der Waals surface area contributed by atoms with Gasteiger partial charge in [-0.05, 0) is 77.7 Å². The van der Waals surface area contributed by atoms with Crippen molar-refractivity contribution in [3.05, 3.63) is 54.3 Å². The molecular formula is C27H33FN8. The zero-order chi connectivity index (χ0) is 25.2. The first kappa shape index (κ1) is 24.2. The fourth-order valence-corrected chi connectivity index (χ4v) is 5.11. The Labute approximate surface area is 211 Å². The zero-order valence-corrected chi connectivity index (χ0v) is 21.4. The van der Waals surface area contributed by atoms with Crippen LogP contribution in [0.5, 0.6) is 0 Å². The molecule has 0 unspecified atom stereocenters. The van der Waals surface area contributed by atoms with Crippen molar-refractivity contribution in [2.75, 3.05) is 25.0 Å². The molecule has 8 nitrogen and oxygen atoms in total. The molecule has 0 radical (unpaired) electrons. The molecule has 188 valence electrons. The van der Waals surface area contributed by atoms with Crippen molar-refractivity contribution in [2.24, 2.45) is 5.92 Å². The molecule has 0 saturated carbocycles. The van der Waals surface area contributed by atoms with Crippen molar-refractivity contribution < 1.29 is 4.39 Å². The van der Waals surface area contributed by atoms with Gasteiger partial charge in [-0.3, -0.25) is 4.98 Å². The molecule has 0 spiro atoms. The largest absolute Gasteiger partial charge is 0.326 e. The van der Waals surface area contributed by atoms with Crippen LogP contribution in [0.3, 0.4) is 0 Å². The Morgan fingerprint density at radius 1 is 1.03 bits per heavy atom. The summed E-state index contributed by atoms with van der Waals surface area (Å²) in [7, 11) is 0. The molecular weight excluding hydrogens is 455 g/mol. The van der Waals surface area contributed by atoms with Gasteiger partial charge in [-0.15, -0.1) is 0 Å². The third-order valence-corrected chi connectivity index (χ3v) is 7.02. The first-order valence-corrected chi connectivity index (χ1v) is 12.7. The molecule has 36 heavy (non-hydrogen) atoms. The van der Waals surface area contributed by atoms with Crippen LogP contribution in [0, 0.1) is 18.7 Å². The average molecular weight is 489 g/mol. The van der Waals surface area contributed by atoms with E-state index >= 15 is 0 Å². The Morgan fingerprint density at radius 2 is 1.83 bits per heavy atom. The number of benzene rings is 1. The van der Waals surface area contributed by atoms with Gasteiger partial charge in [-0.2, -0.15) is 0 Å². The molecule has 4 heterocycles. The summed E-state index contributed by atoms with van der Waals surface area (Å²) in [6, 6.07) is 5.37. The second kappa shape index (κ2) is 10.3. The smallest absolute Gasteiger partial charge is 0.151 e. The molecule has 4 aromatic rings. The molecule has 5 rings (SSSR count). The number of nitrogens with one attached hydrogen (secondary N) is 1. The van der Waals surface area contributed by atoms with Gasteiger partial charge >= 0.3 is 0 Å². The van der Waals surface area contributed by atoms with Crippen LogP contribution in [-0.4, -0.2) is 54.0 Å². The lowest BCUT2D eigenvalue weighted by molar-refractivity contribution is 0.191. The SMILES string of the molecule is CCN1CCC(Cc2cnc(Nc3cc(-c4cc(F)c5nc(C)n(C(C)C)c5c4)ncn3)cn2)CC1. The van der Waals surface area contributed by atoms with Crippen LogP contribution in [0.2, 0.25) is 0 Å². The van der Waals surface area contributed by atoms with Crippen molar-refractivity contribution >= 4 is 22.7 Å². The fraction of sp³-hybridized carbons (Fsp3) is 0.444. The van der Waals surface area contributed by atoms with E-state index in [4.69, 9.17) is 0 Å². The monoisotopic (exact) mass is 488 g/mol. The van der Waals surface area contributed by atoms with Crippen LogP contribution in [-0.2, 0) is 6.42 Å². The number of aromatic nitrogens is 6. The first-order chi connectivity index (χ1) is 17.4. The highest BCUT2D eigenvalue weighted by Gasteiger charge is 2.19. The normalized spacial score (nSPS) is 15.2. The minimum Gasteiger partial charge on any atom is -0.326 e. The van der Waals surface area contributed by atoms with E-state index < -0.39 is 0 Å². The van der Waals surface area contributed by atoms with Gasteiger partial charge in [0.15, 0.2) is 5.82 Å². The maximum Gasteiger partial charge on any atom is 0.151 e. The lowest BCUT2D eigenvalue weighted by atomic mass is 9.92. The molecule has 1 saturated heterocycles. The summed E-state index contributed by atoms with van der Waals surface area (Å²) in [6.45, 7) is 11.7. The number of piperidine rings is 1. The number of hydrogen-bond acceptors (Lipinski definition) is 7. The minimum atomic E-state index is -0.361. The summed E-state index contributed by atoms with van der Waals surface area (Å²) >= 11 is 0. The van der Waals surface area contributed by atoms with Gasteiger partial charge in [0.25, 0.3) is 0 Å². The summed E-state index contributed by atoms with van der Waals surface area (Å²) in [5, 5.41) is 3.20. The second-order valence-electron chi connectivity index (χ2n) is 9.84. The van der Waals surface area contributed by atoms with Gasteiger partial charge in [-0.25, -0.2) is 24.3 Å². The van der Waals surface area contributed by atoms with E-state index in [1.807, 2.05) is 23.8 Å². The zero-order valence-electron chi connectivity index (χ0n) is 21.4. The number of anilines is 2. The van der Waals surface area contributed by atoms with Crippen LogP contribution in [0.25, 0.3) is 22.3 Å². The number of hydrogen-bond donors (Lipinski definition) is 1. The maximum atomic E-state index is 14.9. The highest BCUT2D eigenvalue weighted by Crippen LogP contribution is 2.29. The molecule has 0 amide bonds. The molecule has 1 aromatic carbocycles. The molecule has 1 aliphatic heterocycles. The number of fused-ring (bicyclic) bond motifs is 1. The van der Waals surface area contributed by atoms with Crippen LogP contribution >= 0.6 is 0 Å². The molecule has 0 atom stereocenters. The van der Waals surface area contributed by atoms with E-state index in [2.05, 4.69) is 55.9 Å². The number of rotatable bonds is 7. The van der Waals surface area contributed by atoms with Crippen LogP contribution < -0.4 is 5.32 Å². The van der Waals surface area contributed by atoms with E-state index in [1.54, 1.807) is 12.3 Å². The van der Waals surface area contributed by atoms with E-state index in [-0.39, 0.29) is 11.9 Å². The van der Waals surface area contributed by atoms with Crippen LogP contribution in [0.4, 0.5) is 16.0 Å². The molecule has 1 fully saturated rings. The van der Waals surface area contributed by atoms with Crippen molar-refractivity contribution in [3.63, 3.8) is 0 Å². The van der Waals surface area contributed by atoms with Crippen molar-refractivity contribution in [3.8, 4) is 11.3 Å². The highest BCUT2D eigenvalue weighted by molar-refractivity contribution is 5.83. The first-order valence-electron chi connectivity index (χ1n) is 12.7. The van der Waals surface area contributed by atoms with Gasteiger partial charge in [0, 0.05) is 17.7 Å². The number of halogens is 1. The molecule has 0 aliphatic carbocycles. The summed E-state index contributed by atoms with van der Waals surface area (Å²) in [4.78, 5) is 24.8. The molecule has 1 aliphatic rings. The van der Waals surface area contributed by atoms with Crippen molar-refractivity contribution in [1.29, 1.82) is 0 Å². The fourth-order valence-electron chi connectivity index (χ4n) is 5.11. The highest BCUT2D eigenvalue weighted by atomic mass is 19.1. The average Bonchev–Trinajstić information content (AvgIpc) is 3.22. The van der Waals surface area contributed by atoms with Crippen molar-refractivity contribution in [1.82, 2.24) is 34.4 Å². The Hall–Kier alpha value is -3.46. The van der Waals surface area contributed by atoms with E-state index in [9.17, 15) is 4.39 Å². The van der Waals surface area contributed by atoms with Gasteiger partial charge < -0.3 is 14.8 Å². The topological polar surface area (TPSA) is 84.7 Å². The number of likely N-dealkylation sites (tertiary alicyclic amines) is 1. The Bertz CT molecular complexity index is 1340. The van der Waals surface area contributed by atoms with Gasteiger partial charge in [0.05, 0.1) is 29.3 Å². The Balaban J connectivity index is 1.31. The van der Waals surface area contributed by atoms with Gasteiger partial charge in [0.2, 0.25) is 0 Å². The molecule has 0 bridgehead atoms. The summed E-state index contributed by atoms with van der Waals surface area (Å²) in [6.07, 6.45) is 8.44. The third kappa shape index (κ3) is 5.06. The molecule has 3 aromatic heterocycles. The number of aryl methyl sites for hydroxylation is 1. The minimum absolute atomic E-state index is 0.165. The third-order valence-electron chi connectivity index (χ3n) is 7.02. The summed E-state index contributed by atoms with van der Waals surface area (Å²) < 4.78 is 17.0. The second-order valence-corrected chi connectivity index (χ2v) is 9.84. The lowest BCUT2D eigenvalue weighted by Crippen LogP contribution is -2.34. The maximum absolute atomic E-state index is 14.9. The summed E-state index contributed by atoms with van der Waals surface area (Å²) in [5.74, 6) is 2.27. The molecule has 9 heteroatoms. The van der Waals surface area contributed by atoms with E-state index in [0.717, 1.165) is 30.0 Å². The van der Waals surface area contributed by atoms with Crippen LogP contribution in [0.15, 0.2) is 36.9 Å². The van der Waals surface area contributed by atoms with Gasteiger partial charge in [-0.1, -0.05) is 6.92 Å². The standard InChI is InChI=1S/C27H33FN8/c1-5-35-8-6-19(7-9-35)10-21-14-30-26(15-29-21)34-25-13-23(31-16-32-25)20-11-22(28)27-24(12-20)36(17(2)3)18(4)33-27/h11-17,19H,5-10H2,1-4H3,(H,30,31,32,34). The van der Waals surface area contributed by atoms with Crippen LogP contribution in [0.1, 0.15) is 51.2 Å². The lowest BCUT2D eigenvalue weighted by Gasteiger charge is -2.30. The predicted molar refractivity (Wildman–Crippen MR) is 140 cm³/mol. The van der Waals surface area contributed by atoms with E-state index in [0.29, 0.717) is 34.3 Å². The van der Waals surface area contributed by atoms with Gasteiger partial charge in [0.1, 0.15) is 29.3 Å². The predicted octanol–water partition coefficient (Wildman–Crippen LogP) is 5.33. The quantitative estimate of drug-likeness (QED) is 0.376. The number of nitrogens with zero attached hydrogens (tertiary/aromatic N) is 7. The Kier molecular flexibility index (Phi) is 6.91.